The molecule has 0 aromatic heterocycles. The summed E-state index contributed by atoms with van der Waals surface area (Å²) in [5.74, 6) is -0.577. The van der Waals surface area contributed by atoms with Gasteiger partial charge in [-0.1, -0.05) is 47.6 Å². The zero-order valence-corrected chi connectivity index (χ0v) is 19.7. The van der Waals surface area contributed by atoms with E-state index >= 15 is 0 Å². The Hall–Kier alpha value is -3.67. The van der Waals surface area contributed by atoms with E-state index in [0.717, 1.165) is 11.1 Å². The van der Waals surface area contributed by atoms with Crippen molar-refractivity contribution in [3.63, 3.8) is 0 Å². The highest BCUT2D eigenvalue weighted by atomic mass is 16.4. The van der Waals surface area contributed by atoms with Gasteiger partial charge in [-0.15, -0.1) is 0 Å². The lowest BCUT2D eigenvalue weighted by molar-refractivity contribution is 0.0697. The summed E-state index contributed by atoms with van der Waals surface area (Å²) in [6, 6.07) is 13.6. The van der Waals surface area contributed by atoms with Crippen LogP contribution in [0.4, 0.5) is 11.4 Å². The number of carbonyl (C=O) groups is 1. The van der Waals surface area contributed by atoms with Gasteiger partial charge in [0, 0.05) is 17.3 Å². The summed E-state index contributed by atoms with van der Waals surface area (Å²) in [5, 5.41) is 12.1. The monoisotopic (exact) mass is 444 g/mol. The van der Waals surface area contributed by atoms with E-state index in [9.17, 15) is 9.59 Å². The first kappa shape index (κ1) is 22.5. The lowest BCUT2D eigenvalue weighted by atomic mass is 9.80. The number of nitrogens with one attached hydrogen (secondary N) is 1. The Morgan fingerprint density at radius 3 is 2.18 bits per heavy atom. The maximum atomic E-state index is 12.8. The molecule has 2 aliphatic rings. The Bertz CT molecular complexity index is 1390. The molecule has 2 aromatic rings. The second-order valence-electron chi connectivity index (χ2n) is 10.4. The summed E-state index contributed by atoms with van der Waals surface area (Å²) >= 11 is 0. The molecular formula is C27H28N2O4. The summed E-state index contributed by atoms with van der Waals surface area (Å²) in [6.07, 6.45) is 0. The molecule has 0 fully saturated rings. The van der Waals surface area contributed by atoms with Crippen LogP contribution in [0.2, 0.25) is 0 Å². The second-order valence-corrected chi connectivity index (χ2v) is 10.4. The zero-order chi connectivity index (χ0) is 24.1. The highest BCUT2D eigenvalue weighted by molar-refractivity contribution is 5.88. The number of hydrogen-bond donors (Lipinski definition) is 2. The molecular weight excluding hydrogens is 416 g/mol. The predicted octanol–water partition coefficient (Wildman–Crippen LogP) is 6.33. The van der Waals surface area contributed by atoms with Gasteiger partial charge >= 0.3 is 5.97 Å². The van der Waals surface area contributed by atoms with E-state index in [-0.39, 0.29) is 21.8 Å². The zero-order valence-electron chi connectivity index (χ0n) is 19.7. The summed E-state index contributed by atoms with van der Waals surface area (Å²) in [6.45, 7) is 12.9. The molecule has 0 atom stereocenters. The van der Waals surface area contributed by atoms with Crippen LogP contribution in [0.3, 0.4) is 0 Å². The Balaban J connectivity index is 1.86. The van der Waals surface area contributed by atoms with Crippen LogP contribution in [-0.2, 0) is 10.8 Å². The highest BCUT2D eigenvalue weighted by Crippen LogP contribution is 2.37. The molecule has 1 aliphatic heterocycles. The first-order valence-electron chi connectivity index (χ1n) is 10.9. The predicted molar refractivity (Wildman–Crippen MR) is 131 cm³/mol. The van der Waals surface area contributed by atoms with E-state index in [0.29, 0.717) is 28.4 Å². The molecule has 170 valence electrons. The molecule has 2 N–H and O–H groups in total. The van der Waals surface area contributed by atoms with Gasteiger partial charge in [0.25, 0.3) is 0 Å². The Labute approximate surface area is 192 Å². The third-order valence-corrected chi connectivity index (χ3v) is 5.67. The number of hydrogen-bond acceptors (Lipinski definition) is 5. The van der Waals surface area contributed by atoms with Gasteiger partial charge in [-0.25, -0.2) is 9.78 Å². The fourth-order valence-electron chi connectivity index (χ4n) is 3.70. The molecule has 0 unspecified atom stereocenters. The highest BCUT2D eigenvalue weighted by Gasteiger charge is 2.25. The number of anilines is 2. The Kier molecular flexibility index (Phi) is 5.27. The van der Waals surface area contributed by atoms with Crippen LogP contribution >= 0.6 is 0 Å². The number of carboxylic acids is 1. The lowest BCUT2D eigenvalue weighted by Crippen LogP contribution is -2.17. The number of aromatic carboxylic acids is 1. The topological polar surface area (TPSA) is 92.4 Å². The number of rotatable bonds is 3. The average molecular weight is 445 g/mol. The molecule has 6 nitrogen and oxygen atoms in total. The van der Waals surface area contributed by atoms with Crippen molar-refractivity contribution in [3.05, 3.63) is 75.4 Å². The van der Waals surface area contributed by atoms with Crippen molar-refractivity contribution in [1.29, 1.82) is 0 Å². The Morgan fingerprint density at radius 2 is 1.61 bits per heavy atom. The van der Waals surface area contributed by atoms with E-state index in [1.54, 1.807) is 18.2 Å². The summed E-state index contributed by atoms with van der Waals surface area (Å²) < 4.78 is 6.24. The second kappa shape index (κ2) is 7.73. The largest absolute Gasteiger partial charge is 0.478 e. The van der Waals surface area contributed by atoms with Crippen LogP contribution in [0.25, 0.3) is 22.6 Å². The molecule has 0 spiro atoms. The van der Waals surface area contributed by atoms with Crippen molar-refractivity contribution < 1.29 is 14.3 Å². The van der Waals surface area contributed by atoms with Crippen molar-refractivity contribution in [2.24, 2.45) is 0 Å². The van der Waals surface area contributed by atoms with Crippen molar-refractivity contribution in [3.8, 4) is 11.5 Å². The summed E-state index contributed by atoms with van der Waals surface area (Å²) in [7, 11) is 0. The van der Waals surface area contributed by atoms with Crippen molar-refractivity contribution in [2.45, 2.75) is 52.4 Å². The van der Waals surface area contributed by atoms with Crippen LogP contribution in [0.1, 0.15) is 63.0 Å². The van der Waals surface area contributed by atoms with Gasteiger partial charge < -0.3 is 14.8 Å². The molecule has 0 radical (unpaired) electrons. The quantitative estimate of drug-likeness (QED) is 0.359. The average Bonchev–Trinajstić information content (AvgIpc) is 2.71. The maximum absolute atomic E-state index is 12.8. The smallest absolute Gasteiger partial charge is 0.335 e. The third-order valence-electron chi connectivity index (χ3n) is 5.67. The fourth-order valence-corrected chi connectivity index (χ4v) is 3.70. The lowest BCUT2D eigenvalue weighted by Gasteiger charge is -2.26. The molecule has 0 saturated carbocycles. The van der Waals surface area contributed by atoms with Crippen LogP contribution in [0.5, 0.6) is 0 Å². The minimum absolute atomic E-state index is 0.0570. The number of aromatic nitrogens is 1. The van der Waals surface area contributed by atoms with E-state index in [2.05, 4.69) is 59.0 Å². The minimum Gasteiger partial charge on any atom is -0.478 e. The molecule has 0 saturated heterocycles. The first-order chi connectivity index (χ1) is 15.3. The molecule has 2 aromatic carbocycles. The molecule has 0 amide bonds. The number of benzene rings is 3. The van der Waals surface area contributed by atoms with E-state index in [4.69, 9.17) is 14.5 Å². The third kappa shape index (κ3) is 4.46. The van der Waals surface area contributed by atoms with Crippen LogP contribution in [0, 0.1) is 0 Å². The van der Waals surface area contributed by atoms with Gasteiger partial charge in [-0.05, 0) is 52.8 Å². The van der Waals surface area contributed by atoms with E-state index < -0.39 is 5.97 Å². The first-order valence-corrected chi connectivity index (χ1v) is 10.9. The fraction of sp³-hybridized carbons (Fsp3) is 0.296. The molecule has 4 rings (SSSR count). The van der Waals surface area contributed by atoms with Gasteiger partial charge in [0.05, 0.1) is 11.3 Å². The van der Waals surface area contributed by atoms with Gasteiger partial charge in [-0.3, -0.25) is 4.79 Å². The van der Waals surface area contributed by atoms with E-state index in [1.807, 2.05) is 0 Å². The molecule has 6 heteroatoms. The summed E-state index contributed by atoms with van der Waals surface area (Å²) in [4.78, 5) is 28.7. The SMILES string of the molecule is CC(C)(C)c1cc(C(C)(C)C)c2oc3cc(=O)c(Nc4ccc(C(=O)O)cc4)cc-3nc2c1. The van der Waals surface area contributed by atoms with Gasteiger partial charge in [0.15, 0.2) is 11.3 Å². The summed E-state index contributed by atoms with van der Waals surface area (Å²) in [5.41, 5.74) is 4.89. The van der Waals surface area contributed by atoms with Gasteiger partial charge in [0.1, 0.15) is 11.2 Å². The minimum atomic E-state index is -1.00. The van der Waals surface area contributed by atoms with Crippen LogP contribution in [-0.4, -0.2) is 16.1 Å². The normalized spacial score (nSPS) is 12.3. The molecule has 1 aliphatic carbocycles. The number of nitrogens with zero attached hydrogens (tertiary/aromatic N) is 1. The van der Waals surface area contributed by atoms with Gasteiger partial charge in [0.2, 0.25) is 5.43 Å². The maximum Gasteiger partial charge on any atom is 0.335 e. The van der Waals surface area contributed by atoms with Crippen LogP contribution in [0.15, 0.2) is 57.7 Å². The van der Waals surface area contributed by atoms with Crippen molar-refractivity contribution >= 4 is 28.4 Å². The van der Waals surface area contributed by atoms with Crippen LogP contribution < -0.4 is 10.7 Å². The standard InChI is InChI=1S/C27H28N2O4/c1-26(2,3)16-11-18(27(4,5)6)24-21(12-16)29-20-13-19(22(30)14-23(20)33-24)28-17-9-7-15(8-10-17)25(31)32/h7-14,28H,1-6H3,(H,31,32). The molecule has 1 heterocycles. The molecule has 0 bridgehead atoms. The Morgan fingerprint density at radius 1 is 0.939 bits per heavy atom. The number of carboxylic acid groups (broad SMARTS) is 1. The van der Waals surface area contributed by atoms with Crippen molar-refractivity contribution in [1.82, 2.24) is 4.98 Å². The van der Waals surface area contributed by atoms with E-state index in [1.165, 1.54) is 23.8 Å². The van der Waals surface area contributed by atoms with Crippen molar-refractivity contribution in [2.75, 3.05) is 5.32 Å². The molecule has 33 heavy (non-hydrogen) atoms. The number of fused-ring (bicyclic) bond motifs is 2. The van der Waals surface area contributed by atoms with Gasteiger partial charge in [-0.2, -0.15) is 0 Å².